The van der Waals surface area contributed by atoms with Crippen LogP contribution < -0.4 is 9.47 Å². The lowest BCUT2D eigenvalue weighted by molar-refractivity contribution is 0.0991. The average Bonchev–Trinajstić information content (AvgIpc) is 2.70. The minimum Gasteiger partial charge on any atom is -0.497 e. The standard InChI is InChI=1S/C24H23FO3/c1-27-21-12-13-22(24(16-21)28-2)18-7-4-3-6-17(10-11-18)14-23(26)19-8-5-9-20(25)15-19/h3-9,12-13,15-16H,10-11,14H2,1-2H3/b4-3+,17-6+,18-7?. The highest BCUT2D eigenvalue weighted by molar-refractivity contribution is 5.97. The van der Waals surface area contributed by atoms with E-state index in [-0.39, 0.29) is 12.2 Å². The Hall–Kier alpha value is -3.14. The minimum absolute atomic E-state index is 0.0766. The summed E-state index contributed by atoms with van der Waals surface area (Å²) in [7, 11) is 3.26. The van der Waals surface area contributed by atoms with Gasteiger partial charge in [-0.2, -0.15) is 0 Å². The Kier molecular flexibility index (Phi) is 6.43. The van der Waals surface area contributed by atoms with Crippen LogP contribution in [0.25, 0.3) is 5.57 Å². The summed E-state index contributed by atoms with van der Waals surface area (Å²) in [6, 6.07) is 11.6. The second-order valence-electron chi connectivity index (χ2n) is 6.58. The fourth-order valence-electron chi connectivity index (χ4n) is 3.23. The first kappa shape index (κ1) is 19.6. The molecule has 0 unspecified atom stereocenters. The summed E-state index contributed by atoms with van der Waals surface area (Å²) >= 11 is 0. The fourth-order valence-corrected chi connectivity index (χ4v) is 3.23. The summed E-state index contributed by atoms with van der Waals surface area (Å²) in [6.07, 6.45) is 9.72. The van der Waals surface area contributed by atoms with Crippen molar-refractivity contribution in [3.8, 4) is 11.5 Å². The van der Waals surface area contributed by atoms with Crippen molar-refractivity contribution in [1.82, 2.24) is 0 Å². The zero-order valence-corrected chi connectivity index (χ0v) is 16.1. The van der Waals surface area contributed by atoms with Crippen molar-refractivity contribution < 1.29 is 18.7 Å². The monoisotopic (exact) mass is 378 g/mol. The highest BCUT2D eigenvalue weighted by Gasteiger charge is 2.14. The van der Waals surface area contributed by atoms with Crippen LogP contribution in [-0.2, 0) is 0 Å². The molecular formula is C24H23FO3. The Morgan fingerprint density at radius 2 is 1.82 bits per heavy atom. The second-order valence-corrected chi connectivity index (χ2v) is 6.58. The van der Waals surface area contributed by atoms with Gasteiger partial charge in [0.15, 0.2) is 5.78 Å². The summed E-state index contributed by atoms with van der Waals surface area (Å²) in [4.78, 5) is 12.5. The van der Waals surface area contributed by atoms with Gasteiger partial charge >= 0.3 is 0 Å². The lowest BCUT2D eigenvalue weighted by atomic mass is 9.92. The Bertz CT molecular complexity index is 954. The van der Waals surface area contributed by atoms with E-state index in [2.05, 4.69) is 6.08 Å². The van der Waals surface area contributed by atoms with Gasteiger partial charge in [-0.1, -0.05) is 42.0 Å². The zero-order chi connectivity index (χ0) is 19.9. The number of allylic oxidation sites excluding steroid dienone is 6. The molecule has 0 aliphatic heterocycles. The van der Waals surface area contributed by atoms with Crippen LogP contribution in [0.4, 0.5) is 4.39 Å². The SMILES string of the molecule is COc1ccc(C2=C/C=C/C=C(/CC(=O)c3cccc(F)c3)CC2)c(OC)c1. The van der Waals surface area contributed by atoms with Crippen LogP contribution in [0.15, 0.2) is 72.3 Å². The normalized spacial score (nSPS) is 16.8. The summed E-state index contributed by atoms with van der Waals surface area (Å²) in [5.74, 6) is 1.02. The fraction of sp³-hybridized carbons (Fsp3) is 0.208. The van der Waals surface area contributed by atoms with Crippen LogP contribution in [0.2, 0.25) is 0 Å². The molecule has 3 nitrogen and oxygen atoms in total. The van der Waals surface area contributed by atoms with Gasteiger partial charge in [-0.3, -0.25) is 4.79 Å². The molecule has 0 N–H and O–H groups in total. The van der Waals surface area contributed by atoms with E-state index in [1.807, 2.05) is 36.4 Å². The van der Waals surface area contributed by atoms with Crippen LogP contribution in [0.5, 0.6) is 11.5 Å². The first-order valence-corrected chi connectivity index (χ1v) is 9.17. The molecule has 1 aliphatic carbocycles. The molecule has 2 aromatic rings. The maximum atomic E-state index is 13.4. The molecule has 3 rings (SSSR count). The molecule has 0 spiro atoms. The Balaban J connectivity index is 1.75. The summed E-state index contributed by atoms with van der Waals surface area (Å²) in [6.45, 7) is 0. The molecule has 2 aromatic carbocycles. The van der Waals surface area contributed by atoms with Crippen LogP contribution >= 0.6 is 0 Å². The van der Waals surface area contributed by atoms with Crippen molar-refractivity contribution in [2.24, 2.45) is 0 Å². The number of hydrogen-bond acceptors (Lipinski definition) is 3. The molecule has 0 amide bonds. The van der Waals surface area contributed by atoms with E-state index >= 15 is 0 Å². The smallest absolute Gasteiger partial charge is 0.167 e. The molecule has 0 atom stereocenters. The number of hydrogen-bond donors (Lipinski definition) is 0. The first-order chi connectivity index (χ1) is 13.6. The van der Waals surface area contributed by atoms with Gasteiger partial charge in [0.25, 0.3) is 0 Å². The highest BCUT2D eigenvalue weighted by Crippen LogP contribution is 2.34. The molecule has 0 saturated carbocycles. The summed E-state index contributed by atoms with van der Waals surface area (Å²) in [5.41, 5.74) is 3.55. The van der Waals surface area contributed by atoms with Crippen LogP contribution in [-0.4, -0.2) is 20.0 Å². The average molecular weight is 378 g/mol. The number of halogens is 1. The van der Waals surface area contributed by atoms with E-state index in [0.29, 0.717) is 5.56 Å². The molecule has 144 valence electrons. The number of benzene rings is 2. The van der Waals surface area contributed by atoms with Gasteiger partial charge in [0, 0.05) is 23.6 Å². The van der Waals surface area contributed by atoms with Gasteiger partial charge in [0.05, 0.1) is 14.2 Å². The van der Waals surface area contributed by atoms with Gasteiger partial charge in [-0.25, -0.2) is 4.39 Å². The molecule has 0 saturated heterocycles. The molecule has 0 radical (unpaired) electrons. The predicted octanol–water partition coefficient (Wildman–Crippen LogP) is 5.78. The molecule has 1 aliphatic rings. The quantitative estimate of drug-likeness (QED) is 0.598. The third-order valence-corrected chi connectivity index (χ3v) is 4.74. The number of Topliss-reactive ketones (excluding diaryl/α,β-unsaturated/α-hetero) is 1. The van der Waals surface area contributed by atoms with Gasteiger partial charge in [0.1, 0.15) is 17.3 Å². The lowest BCUT2D eigenvalue weighted by Gasteiger charge is -2.15. The van der Waals surface area contributed by atoms with E-state index in [1.54, 1.807) is 26.4 Å². The topological polar surface area (TPSA) is 35.5 Å². The lowest BCUT2D eigenvalue weighted by Crippen LogP contribution is -2.03. The molecule has 0 bridgehead atoms. The summed E-state index contributed by atoms with van der Waals surface area (Å²) < 4.78 is 24.2. The Labute approximate surface area is 164 Å². The molecule has 0 heterocycles. The molecule has 4 heteroatoms. The number of ketones is 1. The van der Waals surface area contributed by atoms with Crippen molar-refractivity contribution in [1.29, 1.82) is 0 Å². The third-order valence-electron chi connectivity index (χ3n) is 4.74. The van der Waals surface area contributed by atoms with Crippen molar-refractivity contribution in [3.05, 3.63) is 89.3 Å². The van der Waals surface area contributed by atoms with Crippen LogP contribution in [0.1, 0.15) is 35.2 Å². The van der Waals surface area contributed by atoms with E-state index in [0.717, 1.165) is 41.1 Å². The highest BCUT2D eigenvalue weighted by atomic mass is 19.1. The van der Waals surface area contributed by atoms with Gasteiger partial charge < -0.3 is 9.47 Å². The van der Waals surface area contributed by atoms with Crippen LogP contribution in [0.3, 0.4) is 0 Å². The van der Waals surface area contributed by atoms with Crippen molar-refractivity contribution in [2.75, 3.05) is 14.2 Å². The number of carbonyl (C=O) groups excluding carboxylic acids is 1. The van der Waals surface area contributed by atoms with Crippen molar-refractivity contribution >= 4 is 11.4 Å². The Morgan fingerprint density at radius 3 is 2.57 bits per heavy atom. The van der Waals surface area contributed by atoms with E-state index in [1.165, 1.54) is 12.1 Å². The van der Waals surface area contributed by atoms with E-state index in [4.69, 9.17) is 9.47 Å². The predicted molar refractivity (Wildman–Crippen MR) is 109 cm³/mol. The third kappa shape index (κ3) is 4.77. The summed E-state index contributed by atoms with van der Waals surface area (Å²) in [5, 5.41) is 0. The van der Waals surface area contributed by atoms with E-state index in [9.17, 15) is 9.18 Å². The van der Waals surface area contributed by atoms with Crippen LogP contribution in [0, 0.1) is 5.82 Å². The van der Waals surface area contributed by atoms with E-state index < -0.39 is 5.82 Å². The maximum absolute atomic E-state index is 13.4. The van der Waals surface area contributed by atoms with Crippen molar-refractivity contribution in [3.63, 3.8) is 0 Å². The number of rotatable bonds is 6. The Morgan fingerprint density at radius 1 is 1.00 bits per heavy atom. The largest absolute Gasteiger partial charge is 0.497 e. The number of ether oxygens (including phenoxy) is 2. The molecule has 0 fully saturated rings. The minimum atomic E-state index is -0.394. The van der Waals surface area contributed by atoms with Gasteiger partial charge in [-0.05, 0) is 42.7 Å². The second kappa shape index (κ2) is 9.18. The number of methoxy groups -OCH3 is 2. The molecule has 0 aromatic heterocycles. The zero-order valence-electron chi connectivity index (χ0n) is 16.1. The molecular weight excluding hydrogens is 355 g/mol. The van der Waals surface area contributed by atoms with Gasteiger partial charge in [0.2, 0.25) is 0 Å². The van der Waals surface area contributed by atoms with Crippen molar-refractivity contribution in [2.45, 2.75) is 19.3 Å². The number of carbonyl (C=O) groups is 1. The first-order valence-electron chi connectivity index (χ1n) is 9.17. The maximum Gasteiger partial charge on any atom is 0.167 e. The molecule has 28 heavy (non-hydrogen) atoms. The van der Waals surface area contributed by atoms with Gasteiger partial charge in [-0.15, -0.1) is 0 Å².